The maximum absolute atomic E-state index is 12.9. The van der Waals surface area contributed by atoms with Crippen molar-refractivity contribution in [2.45, 2.75) is 50.6 Å². The Morgan fingerprint density at radius 3 is 2.89 bits per heavy atom. The molecule has 0 aromatic carbocycles. The number of thiophene rings is 1. The van der Waals surface area contributed by atoms with Crippen LogP contribution in [0.15, 0.2) is 17.5 Å². The first-order valence-electron chi connectivity index (χ1n) is 9.12. The molecular weight excluding hydrogens is 366 g/mol. The smallest absolute Gasteiger partial charge is 0.252 e. The second-order valence-corrected chi connectivity index (χ2v) is 7.67. The van der Waals surface area contributed by atoms with Gasteiger partial charge in [0.25, 0.3) is 5.91 Å². The van der Waals surface area contributed by atoms with Gasteiger partial charge in [0, 0.05) is 24.4 Å². The molecule has 1 aliphatic heterocycles. The number of guanidine groups is 1. The molecule has 8 nitrogen and oxygen atoms in total. The number of aldehydes is 1. The molecule has 0 radical (unpaired) electrons. The molecule has 0 unspecified atom stereocenters. The molecule has 2 rings (SSSR count). The van der Waals surface area contributed by atoms with Crippen LogP contribution in [0.1, 0.15) is 37.0 Å². The maximum atomic E-state index is 12.9. The fourth-order valence-corrected chi connectivity index (χ4v) is 3.94. The van der Waals surface area contributed by atoms with Gasteiger partial charge in [-0.1, -0.05) is 6.07 Å². The summed E-state index contributed by atoms with van der Waals surface area (Å²) in [5.41, 5.74) is 11.1. The molecule has 1 aromatic rings. The molecule has 5 N–H and O–H groups in total. The van der Waals surface area contributed by atoms with Gasteiger partial charge >= 0.3 is 0 Å². The van der Waals surface area contributed by atoms with Gasteiger partial charge in [0.15, 0.2) is 5.96 Å². The number of nitrogens with zero attached hydrogens (tertiary/aromatic N) is 2. The molecule has 1 saturated heterocycles. The van der Waals surface area contributed by atoms with Gasteiger partial charge in [0.2, 0.25) is 5.91 Å². The van der Waals surface area contributed by atoms with Crippen LogP contribution >= 0.6 is 11.3 Å². The summed E-state index contributed by atoms with van der Waals surface area (Å²) in [5, 5.41) is 9.68. The summed E-state index contributed by atoms with van der Waals surface area (Å²) in [7, 11) is 0. The van der Waals surface area contributed by atoms with Crippen LogP contribution in [0, 0.1) is 5.41 Å². The van der Waals surface area contributed by atoms with Crippen LogP contribution in [0.5, 0.6) is 0 Å². The van der Waals surface area contributed by atoms with E-state index in [9.17, 15) is 14.4 Å². The predicted octanol–water partition coefficient (Wildman–Crippen LogP) is 0.700. The molecule has 27 heavy (non-hydrogen) atoms. The summed E-state index contributed by atoms with van der Waals surface area (Å²) in [4.78, 5) is 40.1. The lowest BCUT2D eigenvalue weighted by Gasteiger charge is -2.29. The van der Waals surface area contributed by atoms with Crippen molar-refractivity contribution in [1.82, 2.24) is 9.80 Å². The van der Waals surface area contributed by atoms with Crippen molar-refractivity contribution >= 4 is 35.4 Å². The Morgan fingerprint density at radius 2 is 2.26 bits per heavy atom. The van der Waals surface area contributed by atoms with E-state index in [0.29, 0.717) is 44.9 Å². The van der Waals surface area contributed by atoms with Crippen molar-refractivity contribution in [3.63, 3.8) is 0 Å². The van der Waals surface area contributed by atoms with Gasteiger partial charge in [-0.05, 0) is 43.6 Å². The van der Waals surface area contributed by atoms with Crippen LogP contribution in [-0.2, 0) is 20.8 Å². The van der Waals surface area contributed by atoms with Gasteiger partial charge in [0.05, 0.1) is 6.04 Å². The first-order valence-corrected chi connectivity index (χ1v) is 10.00. The van der Waals surface area contributed by atoms with E-state index < -0.39 is 12.1 Å². The maximum Gasteiger partial charge on any atom is 0.252 e. The molecule has 2 atom stereocenters. The third-order valence-electron chi connectivity index (χ3n) is 4.67. The average molecular weight is 394 g/mol. The molecule has 1 aromatic heterocycles. The van der Waals surface area contributed by atoms with Crippen LogP contribution < -0.4 is 11.5 Å². The second-order valence-electron chi connectivity index (χ2n) is 6.64. The van der Waals surface area contributed by atoms with E-state index in [2.05, 4.69) is 0 Å². The van der Waals surface area contributed by atoms with E-state index >= 15 is 0 Å². The fraction of sp³-hybridized carbons (Fsp3) is 0.556. The molecule has 0 spiro atoms. The minimum atomic E-state index is -0.587. The summed E-state index contributed by atoms with van der Waals surface area (Å²) in [6.07, 6.45) is 3.88. The number of nitrogens with two attached hydrogens (primary N) is 2. The normalized spacial score (nSPS) is 17.5. The Labute approximate surface area is 163 Å². The molecule has 0 saturated carbocycles. The number of hydrogen-bond donors (Lipinski definition) is 3. The van der Waals surface area contributed by atoms with Crippen molar-refractivity contribution < 1.29 is 14.4 Å². The van der Waals surface area contributed by atoms with Gasteiger partial charge in [-0.2, -0.15) is 0 Å². The van der Waals surface area contributed by atoms with E-state index in [-0.39, 0.29) is 24.3 Å². The minimum absolute atomic E-state index is 0.0503. The van der Waals surface area contributed by atoms with Crippen molar-refractivity contribution in [2.24, 2.45) is 11.5 Å². The average Bonchev–Trinajstić information content (AvgIpc) is 3.33. The SMILES string of the molecule is N=C(N)N(CCC[C@H](N)C=O)C(=O)[C@@H]1CCCN1C(=O)CCc1cccs1. The van der Waals surface area contributed by atoms with Gasteiger partial charge in [-0.3, -0.25) is 19.9 Å². The zero-order valence-electron chi connectivity index (χ0n) is 15.3. The van der Waals surface area contributed by atoms with Crippen molar-refractivity contribution in [3.05, 3.63) is 22.4 Å². The number of carbonyl (C=O) groups is 3. The number of carbonyl (C=O) groups excluding carboxylic acids is 3. The lowest BCUT2D eigenvalue weighted by atomic mass is 10.1. The van der Waals surface area contributed by atoms with Gasteiger partial charge < -0.3 is 21.2 Å². The molecular formula is C18H27N5O3S. The zero-order valence-corrected chi connectivity index (χ0v) is 16.1. The van der Waals surface area contributed by atoms with E-state index in [1.807, 2.05) is 17.5 Å². The van der Waals surface area contributed by atoms with Crippen LogP contribution in [-0.4, -0.2) is 59.0 Å². The number of amides is 2. The topological polar surface area (TPSA) is 134 Å². The predicted molar refractivity (Wildman–Crippen MR) is 104 cm³/mol. The first-order chi connectivity index (χ1) is 12.9. The zero-order chi connectivity index (χ0) is 19.8. The highest BCUT2D eigenvalue weighted by molar-refractivity contribution is 7.09. The van der Waals surface area contributed by atoms with Gasteiger partial charge in [0.1, 0.15) is 12.3 Å². The largest absolute Gasteiger partial charge is 0.370 e. The lowest BCUT2D eigenvalue weighted by molar-refractivity contribution is -0.141. The van der Waals surface area contributed by atoms with Crippen LogP contribution in [0.25, 0.3) is 0 Å². The quantitative estimate of drug-likeness (QED) is 0.323. The van der Waals surface area contributed by atoms with E-state index in [4.69, 9.17) is 16.9 Å². The van der Waals surface area contributed by atoms with E-state index in [1.165, 1.54) is 4.90 Å². The summed E-state index contributed by atoms with van der Waals surface area (Å²) < 4.78 is 0. The Bertz CT molecular complexity index is 664. The third kappa shape index (κ3) is 5.86. The minimum Gasteiger partial charge on any atom is -0.370 e. The number of aryl methyl sites for hydroxylation is 1. The summed E-state index contributed by atoms with van der Waals surface area (Å²) in [6.45, 7) is 0.755. The second kappa shape index (κ2) is 10.2. The molecule has 0 bridgehead atoms. The highest BCUT2D eigenvalue weighted by Gasteiger charge is 2.37. The number of rotatable bonds is 9. The van der Waals surface area contributed by atoms with Crippen LogP contribution in [0.3, 0.4) is 0 Å². The Morgan fingerprint density at radius 1 is 1.48 bits per heavy atom. The summed E-state index contributed by atoms with van der Waals surface area (Å²) >= 11 is 1.61. The Balaban J connectivity index is 1.95. The molecule has 2 heterocycles. The highest BCUT2D eigenvalue weighted by Crippen LogP contribution is 2.22. The van der Waals surface area contributed by atoms with Gasteiger partial charge in [-0.25, -0.2) is 0 Å². The van der Waals surface area contributed by atoms with Crippen LogP contribution in [0.2, 0.25) is 0 Å². The van der Waals surface area contributed by atoms with E-state index in [1.54, 1.807) is 16.2 Å². The highest BCUT2D eigenvalue weighted by atomic mass is 32.1. The van der Waals surface area contributed by atoms with Gasteiger partial charge in [-0.15, -0.1) is 11.3 Å². The van der Waals surface area contributed by atoms with Crippen molar-refractivity contribution in [1.29, 1.82) is 5.41 Å². The molecule has 9 heteroatoms. The summed E-state index contributed by atoms with van der Waals surface area (Å²) in [6, 6.07) is 2.78. The van der Waals surface area contributed by atoms with E-state index in [0.717, 1.165) is 11.3 Å². The molecule has 1 aliphatic rings. The molecule has 2 amide bonds. The lowest BCUT2D eigenvalue weighted by Crippen LogP contribution is -2.52. The third-order valence-corrected chi connectivity index (χ3v) is 5.61. The standard InChI is InChI=1S/C18H27N5O3S/c19-13(12-24)4-1-10-23(18(20)21)17(26)15-6-2-9-22(15)16(25)8-7-14-5-3-11-27-14/h3,5,11-13,15H,1-2,4,6-10,19H2,(H3,20,21)/t13-,15-/m0/s1. The fourth-order valence-electron chi connectivity index (χ4n) is 3.23. The van der Waals surface area contributed by atoms with Crippen LogP contribution in [0.4, 0.5) is 0 Å². The monoisotopic (exact) mass is 393 g/mol. The molecule has 1 fully saturated rings. The Hall–Kier alpha value is -2.26. The number of nitrogens with one attached hydrogen (secondary N) is 1. The number of hydrogen-bond acceptors (Lipinski definition) is 6. The number of likely N-dealkylation sites (tertiary alicyclic amines) is 1. The molecule has 148 valence electrons. The van der Waals surface area contributed by atoms with Crippen molar-refractivity contribution in [3.8, 4) is 0 Å². The Kier molecular flexibility index (Phi) is 7.93. The summed E-state index contributed by atoms with van der Waals surface area (Å²) in [5.74, 6) is -0.729. The van der Waals surface area contributed by atoms with Crippen molar-refractivity contribution in [2.75, 3.05) is 13.1 Å². The first kappa shape index (κ1) is 21.0. The molecule has 0 aliphatic carbocycles.